The molecule has 0 spiro atoms. The Morgan fingerprint density at radius 2 is 2.18 bits per heavy atom. The van der Waals surface area contributed by atoms with Gasteiger partial charge in [0.1, 0.15) is 5.69 Å². The molecular weight excluding hydrogens is 222 g/mol. The predicted molar refractivity (Wildman–Crippen MR) is 62.1 cm³/mol. The second kappa shape index (κ2) is 6.59. The van der Waals surface area contributed by atoms with E-state index < -0.39 is 5.97 Å². The van der Waals surface area contributed by atoms with Gasteiger partial charge in [-0.25, -0.2) is 9.78 Å². The van der Waals surface area contributed by atoms with Crippen LogP contribution in [0.1, 0.15) is 27.3 Å². The number of rotatable bonds is 6. The monoisotopic (exact) mass is 237 g/mol. The molecule has 0 aliphatic rings. The van der Waals surface area contributed by atoms with E-state index in [0.717, 1.165) is 13.0 Å². The summed E-state index contributed by atoms with van der Waals surface area (Å²) in [7, 11) is 1.84. The molecule has 0 fully saturated rings. The second-order valence-electron chi connectivity index (χ2n) is 3.45. The van der Waals surface area contributed by atoms with Crippen molar-refractivity contribution in [3.05, 3.63) is 29.6 Å². The molecule has 0 saturated heterocycles. The normalized spacial score (nSPS) is 9.94. The maximum absolute atomic E-state index is 11.6. The van der Waals surface area contributed by atoms with Crippen LogP contribution in [0.5, 0.6) is 0 Å². The lowest BCUT2D eigenvalue weighted by molar-refractivity contribution is 0.0690. The second-order valence-corrected chi connectivity index (χ2v) is 3.45. The van der Waals surface area contributed by atoms with Crippen LogP contribution in [-0.2, 0) is 0 Å². The molecule has 3 N–H and O–H groups in total. The standard InChI is InChI=1S/C11H15N3O3/c1-12-4-2-5-14-10(15)8-3-6-13-9(7-8)11(16)17/h3,6-7,12H,2,4-5H2,1H3,(H,14,15)(H,16,17). The van der Waals surface area contributed by atoms with E-state index in [4.69, 9.17) is 5.11 Å². The number of amides is 1. The Hall–Kier alpha value is -1.95. The summed E-state index contributed by atoms with van der Waals surface area (Å²) in [5.74, 6) is -1.43. The highest BCUT2D eigenvalue weighted by molar-refractivity contribution is 5.96. The molecule has 0 aliphatic heterocycles. The molecule has 0 bridgehead atoms. The van der Waals surface area contributed by atoms with Crippen molar-refractivity contribution in [1.29, 1.82) is 0 Å². The molecule has 1 amide bonds. The van der Waals surface area contributed by atoms with Crippen molar-refractivity contribution in [2.24, 2.45) is 0 Å². The van der Waals surface area contributed by atoms with Crippen LogP contribution in [-0.4, -0.2) is 42.1 Å². The van der Waals surface area contributed by atoms with Crippen LogP contribution in [0.4, 0.5) is 0 Å². The summed E-state index contributed by atoms with van der Waals surface area (Å²) in [5, 5.41) is 14.4. The number of aromatic carboxylic acids is 1. The SMILES string of the molecule is CNCCCNC(=O)c1ccnc(C(=O)O)c1. The van der Waals surface area contributed by atoms with Gasteiger partial charge in [0.15, 0.2) is 0 Å². The molecule has 0 unspecified atom stereocenters. The number of carboxylic acid groups (broad SMARTS) is 1. The summed E-state index contributed by atoms with van der Waals surface area (Å²) in [4.78, 5) is 25.9. The van der Waals surface area contributed by atoms with Crippen molar-refractivity contribution in [2.75, 3.05) is 20.1 Å². The molecule has 17 heavy (non-hydrogen) atoms. The van der Waals surface area contributed by atoms with Gasteiger partial charge in [-0.3, -0.25) is 4.79 Å². The third-order valence-electron chi connectivity index (χ3n) is 2.13. The lowest BCUT2D eigenvalue weighted by Gasteiger charge is -2.05. The Balaban J connectivity index is 2.56. The average Bonchev–Trinajstić information content (AvgIpc) is 2.34. The van der Waals surface area contributed by atoms with E-state index in [1.54, 1.807) is 0 Å². The van der Waals surface area contributed by atoms with E-state index in [-0.39, 0.29) is 11.6 Å². The van der Waals surface area contributed by atoms with Gasteiger partial charge >= 0.3 is 5.97 Å². The molecule has 0 aromatic carbocycles. The molecule has 0 aliphatic carbocycles. The molecule has 1 aromatic rings. The Morgan fingerprint density at radius 1 is 1.41 bits per heavy atom. The molecule has 1 rings (SSSR count). The average molecular weight is 237 g/mol. The fourth-order valence-corrected chi connectivity index (χ4v) is 1.26. The maximum Gasteiger partial charge on any atom is 0.354 e. The van der Waals surface area contributed by atoms with Crippen molar-refractivity contribution in [2.45, 2.75) is 6.42 Å². The molecule has 92 valence electrons. The van der Waals surface area contributed by atoms with Gasteiger partial charge in [0.05, 0.1) is 0 Å². The van der Waals surface area contributed by atoms with Crippen LogP contribution >= 0.6 is 0 Å². The van der Waals surface area contributed by atoms with Crippen molar-refractivity contribution < 1.29 is 14.7 Å². The largest absolute Gasteiger partial charge is 0.477 e. The third kappa shape index (κ3) is 4.20. The Bertz CT molecular complexity index is 407. The molecule has 1 aromatic heterocycles. The number of carbonyl (C=O) groups excluding carboxylic acids is 1. The number of carbonyl (C=O) groups is 2. The third-order valence-corrected chi connectivity index (χ3v) is 2.13. The Kier molecular flexibility index (Phi) is 5.09. The Morgan fingerprint density at radius 3 is 2.82 bits per heavy atom. The highest BCUT2D eigenvalue weighted by atomic mass is 16.4. The summed E-state index contributed by atoms with van der Waals surface area (Å²) in [5.41, 5.74) is 0.176. The van der Waals surface area contributed by atoms with E-state index in [9.17, 15) is 9.59 Å². The van der Waals surface area contributed by atoms with E-state index >= 15 is 0 Å². The minimum absolute atomic E-state index is 0.132. The van der Waals surface area contributed by atoms with Crippen LogP contribution in [0, 0.1) is 0 Å². The van der Waals surface area contributed by atoms with Crippen molar-refractivity contribution in [3.63, 3.8) is 0 Å². The van der Waals surface area contributed by atoms with Gasteiger partial charge in [0.2, 0.25) is 0 Å². The number of hydrogen-bond acceptors (Lipinski definition) is 4. The molecule has 1 heterocycles. The van der Waals surface area contributed by atoms with E-state index in [1.807, 2.05) is 7.05 Å². The topological polar surface area (TPSA) is 91.3 Å². The summed E-state index contributed by atoms with van der Waals surface area (Å²) >= 11 is 0. The molecule has 0 atom stereocenters. The molecule has 6 nitrogen and oxygen atoms in total. The van der Waals surface area contributed by atoms with Gasteiger partial charge in [-0.1, -0.05) is 0 Å². The van der Waals surface area contributed by atoms with Gasteiger partial charge in [0, 0.05) is 18.3 Å². The van der Waals surface area contributed by atoms with Crippen LogP contribution in [0.3, 0.4) is 0 Å². The predicted octanol–water partition coefficient (Wildman–Crippen LogP) is 0.119. The van der Waals surface area contributed by atoms with Gasteiger partial charge < -0.3 is 15.7 Å². The molecular formula is C11H15N3O3. The van der Waals surface area contributed by atoms with Gasteiger partial charge in [0.25, 0.3) is 5.91 Å². The number of hydrogen-bond donors (Lipinski definition) is 3. The van der Waals surface area contributed by atoms with Crippen molar-refractivity contribution in [1.82, 2.24) is 15.6 Å². The zero-order valence-corrected chi connectivity index (χ0v) is 9.56. The fourth-order valence-electron chi connectivity index (χ4n) is 1.26. The first-order valence-electron chi connectivity index (χ1n) is 5.27. The highest BCUT2D eigenvalue weighted by Crippen LogP contribution is 2.01. The smallest absolute Gasteiger partial charge is 0.354 e. The maximum atomic E-state index is 11.6. The quantitative estimate of drug-likeness (QED) is 0.611. The lowest BCUT2D eigenvalue weighted by atomic mass is 10.2. The van der Waals surface area contributed by atoms with Crippen LogP contribution in [0.15, 0.2) is 18.3 Å². The molecule has 6 heteroatoms. The first kappa shape index (κ1) is 13.1. The minimum Gasteiger partial charge on any atom is -0.477 e. The molecule has 0 saturated carbocycles. The zero-order chi connectivity index (χ0) is 12.7. The number of pyridine rings is 1. The van der Waals surface area contributed by atoms with E-state index in [2.05, 4.69) is 15.6 Å². The molecule has 0 radical (unpaired) electrons. The van der Waals surface area contributed by atoms with E-state index in [1.165, 1.54) is 18.3 Å². The van der Waals surface area contributed by atoms with Crippen molar-refractivity contribution in [3.8, 4) is 0 Å². The first-order chi connectivity index (χ1) is 8.15. The summed E-state index contributed by atoms with van der Waals surface area (Å²) < 4.78 is 0. The summed E-state index contributed by atoms with van der Waals surface area (Å²) in [6.45, 7) is 1.36. The van der Waals surface area contributed by atoms with Gasteiger partial charge in [-0.15, -0.1) is 0 Å². The Labute approximate surface area is 99.1 Å². The summed E-state index contributed by atoms with van der Waals surface area (Å²) in [6, 6.07) is 2.75. The van der Waals surface area contributed by atoms with Crippen LogP contribution < -0.4 is 10.6 Å². The van der Waals surface area contributed by atoms with E-state index in [0.29, 0.717) is 12.1 Å². The lowest BCUT2D eigenvalue weighted by Crippen LogP contribution is -2.26. The first-order valence-corrected chi connectivity index (χ1v) is 5.27. The fraction of sp³-hybridized carbons (Fsp3) is 0.364. The number of nitrogens with zero attached hydrogens (tertiary/aromatic N) is 1. The number of aromatic nitrogens is 1. The number of carboxylic acids is 1. The summed E-state index contributed by atoms with van der Waals surface area (Å²) in [6.07, 6.45) is 2.13. The van der Waals surface area contributed by atoms with Crippen molar-refractivity contribution >= 4 is 11.9 Å². The van der Waals surface area contributed by atoms with Crippen LogP contribution in [0.25, 0.3) is 0 Å². The minimum atomic E-state index is -1.14. The van der Waals surface area contributed by atoms with Gasteiger partial charge in [-0.05, 0) is 32.1 Å². The number of nitrogens with one attached hydrogen (secondary N) is 2. The van der Waals surface area contributed by atoms with Crippen LogP contribution in [0.2, 0.25) is 0 Å². The zero-order valence-electron chi connectivity index (χ0n) is 9.56. The van der Waals surface area contributed by atoms with Gasteiger partial charge in [-0.2, -0.15) is 0 Å². The highest BCUT2D eigenvalue weighted by Gasteiger charge is 2.09.